The molecule has 0 spiro atoms. The number of carbonyl (C=O) groups is 1. The van der Waals surface area contributed by atoms with Gasteiger partial charge in [0.15, 0.2) is 0 Å². The van der Waals surface area contributed by atoms with Crippen LogP contribution in [0.25, 0.3) is 0 Å². The molecule has 0 atom stereocenters. The van der Waals surface area contributed by atoms with Crippen LogP contribution < -0.4 is 9.62 Å². The van der Waals surface area contributed by atoms with E-state index in [2.05, 4.69) is 5.32 Å². The molecule has 0 saturated carbocycles. The molecule has 1 amide bonds. The Morgan fingerprint density at radius 1 is 1.17 bits per heavy atom. The number of hydrogen-bond donors (Lipinski definition) is 1. The zero-order valence-corrected chi connectivity index (χ0v) is 17.9. The molecule has 0 radical (unpaired) electrons. The summed E-state index contributed by atoms with van der Waals surface area (Å²) in [7, 11) is -3.52. The maximum atomic E-state index is 12.2. The van der Waals surface area contributed by atoms with E-state index in [1.54, 1.807) is 12.1 Å². The molecule has 2 aromatic carbocycles. The molecule has 10 heteroatoms. The number of benzene rings is 2. The van der Waals surface area contributed by atoms with Crippen LogP contribution in [0.2, 0.25) is 5.02 Å². The Kier molecular flexibility index (Phi) is 7.21. The summed E-state index contributed by atoms with van der Waals surface area (Å²) in [5, 5.41) is 13.6. The predicted molar refractivity (Wildman–Crippen MR) is 114 cm³/mol. The van der Waals surface area contributed by atoms with Crippen LogP contribution in [0.4, 0.5) is 17.1 Å². The fraction of sp³-hybridized carbons (Fsp3) is 0.316. The molecule has 0 saturated heterocycles. The average molecular weight is 440 g/mol. The van der Waals surface area contributed by atoms with Gasteiger partial charge >= 0.3 is 0 Å². The molecule has 0 aliphatic heterocycles. The number of nitro benzene ring substituents is 1. The molecule has 156 valence electrons. The minimum absolute atomic E-state index is 0.0237. The molecule has 29 heavy (non-hydrogen) atoms. The highest BCUT2D eigenvalue weighted by Crippen LogP contribution is 2.27. The molecule has 0 unspecified atom stereocenters. The smallest absolute Gasteiger partial charge is 0.271 e. The van der Waals surface area contributed by atoms with Crippen LogP contribution in [-0.4, -0.2) is 32.0 Å². The van der Waals surface area contributed by atoms with Crippen LogP contribution in [0.15, 0.2) is 36.4 Å². The van der Waals surface area contributed by atoms with Crippen LogP contribution >= 0.6 is 11.6 Å². The molecular weight excluding hydrogens is 418 g/mol. The van der Waals surface area contributed by atoms with E-state index < -0.39 is 20.9 Å². The van der Waals surface area contributed by atoms with Gasteiger partial charge < -0.3 is 5.32 Å². The SMILES string of the molecule is Cc1ccc(N(CCCC(=O)Nc2cc([N+](=O)[O-])ccc2Cl)S(C)(=O)=O)cc1C. The lowest BCUT2D eigenvalue weighted by Gasteiger charge is -2.23. The van der Waals surface area contributed by atoms with Crippen LogP contribution in [0, 0.1) is 24.0 Å². The second kappa shape index (κ2) is 9.23. The second-order valence-electron chi connectivity index (χ2n) is 6.68. The number of nitrogens with one attached hydrogen (secondary N) is 1. The third-order valence-corrected chi connectivity index (χ3v) is 5.90. The number of aryl methyl sites for hydroxylation is 2. The van der Waals surface area contributed by atoms with E-state index in [-0.39, 0.29) is 35.8 Å². The van der Waals surface area contributed by atoms with Crippen molar-refractivity contribution in [3.05, 3.63) is 62.7 Å². The van der Waals surface area contributed by atoms with Gasteiger partial charge in [0.2, 0.25) is 15.9 Å². The van der Waals surface area contributed by atoms with Gasteiger partial charge in [-0.1, -0.05) is 17.7 Å². The van der Waals surface area contributed by atoms with Crippen LogP contribution in [0.3, 0.4) is 0 Å². The van der Waals surface area contributed by atoms with Gasteiger partial charge in [0.25, 0.3) is 5.69 Å². The number of sulfonamides is 1. The lowest BCUT2D eigenvalue weighted by Crippen LogP contribution is -2.31. The lowest BCUT2D eigenvalue weighted by molar-refractivity contribution is -0.384. The Morgan fingerprint density at radius 2 is 1.86 bits per heavy atom. The number of halogens is 1. The largest absolute Gasteiger partial charge is 0.325 e. The van der Waals surface area contributed by atoms with Crippen molar-refractivity contribution in [2.24, 2.45) is 0 Å². The summed E-state index contributed by atoms with van der Waals surface area (Å²) in [6, 6.07) is 9.12. The topological polar surface area (TPSA) is 110 Å². The summed E-state index contributed by atoms with van der Waals surface area (Å²) in [5.41, 5.74) is 2.50. The van der Waals surface area contributed by atoms with Gasteiger partial charge in [0, 0.05) is 25.1 Å². The number of amides is 1. The van der Waals surface area contributed by atoms with Crippen LogP contribution in [0.1, 0.15) is 24.0 Å². The minimum atomic E-state index is -3.52. The van der Waals surface area contributed by atoms with E-state index >= 15 is 0 Å². The Balaban J connectivity index is 2.04. The third kappa shape index (κ3) is 6.16. The van der Waals surface area contributed by atoms with E-state index in [0.29, 0.717) is 5.69 Å². The van der Waals surface area contributed by atoms with Crippen LogP contribution in [-0.2, 0) is 14.8 Å². The fourth-order valence-corrected chi connectivity index (χ4v) is 3.81. The van der Waals surface area contributed by atoms with Gasteiger partial charge in [-0.3, -0.25) is 19.2 Å². The molecular formula is C19H22ClN3O5S. The second-order valence-corrected chi connectivity index (χ2v) is 8.99. The van der Waals surface area contributed by atoms with Crippen LogP contribution in [0.5, 0.6) is 0 Å². The first kappa shape index (κ1) is 22.6. The van der Waals surface area contributed by atoms with Crippen molar-refractivity contribution in [2.75, 3.05) is 22.4 Å². The molecule has 1 N–H and O–H groups in total. The quantitative estimate of drug-likeness (QED) is 0.492. The Morgan fingerprint density at radius 3 is 2.45 bits per heavy atom. The van der Waals surface area contributed by atoms with E-state index in [9.17, 15) is 23.3 Å². The number of non-ortho nitro benzene ring substituents is 1. The first-order valence-corrected chi connectivity index (χ1v) is 11.0. The summed E-state index contributed by atoms with van der Waals surface area (Å²) < 4.78 is 25.6. The standard InChI is InChI=1S/C19H22ClN3O5S/c1-13-6-7-15(11-14(13)2)22(29(3,27)28)10-4-5-19(24)21-18-12-16(23(25)26)8-9-17(18)20/h6-9,11-12H,4-5,10H2,1-3H3,(H,21,24). The summed E-state index contributed by atoms with van der Waals surface area (Å²) in [6.45, 7) is 3.96. The zero-order valence-electron chi connectivity index (χ0n) is 16.3. The Labute approximate surface area is 174 Å². The summed E-state index contributed by atoms with van der Waals surface area (Å²) in [5.74, 6) is -0.416. The normalized spacial score (nSPS) is 11.2. The van der Waals surface area contributed by atoms with Gasteiger partial charge in [-0.15, -0.1) is 0 Å². The minimum Gasteiger partial charge on any atom is -0.325 e. The third-order valence-electron chi connectivity index (χ3n) is 4.38. The van der Waals surface area contributed by atoms with Gasteiger partial charge in [-0.25, -0.2) is 8.42 Å². The highest BCUT2D eigenvalue weighted by Gasteiger charge is 2.18. The molecule has 2 aromatic rings. The number of nitrogens with zero attached hydrogens (tertiary/aromatic N) is 2. The van der Waals surface area contributed by atoms with E-state index in [4.69, 9.17) is 11.6 Å². The summed E-state index contributed by atoms with van der Waals surface area (Å²) >= 11 is 5.97. The van der Waals surface area contributed by atoms with Crippen molar-refractivity contribution in [3.8, 4) is 0 Å². The number of nitro groups is 1. The Bertz CT molecular complexity index is 1040. The highest BCUT2D eigenvalue weighted by molar-refractivity contribution is 7.92. The van der Waals surface area contributed by atoms with E-state index in [0.717, 1.165) is 17.4 Å². The summed E-state index contributed by atoms with van der Waals surface area (Å²) in [6.07, 6.45) is 1.40. The maximum absolute atomic E-state index is 12.2. The van der Waals surface area contributed by atoms with Crippen molar-refractivity contribution < 1.29 is 18.1 Å². The lowest BCUT2D eigenvalue weighted by atomic mass is 10.1. The molecule has 0 aliphatic carbocycles. The zero-order chi connectivity index (χ0) is 21.8. The molecule has 0 aliphatic rings. The van der Waals surface area contributed by atoms with Crippen molar-refractivity contribution in [2.45, 2.75) is 26.7 Å². The molecule has 0 aromatic heterocycles. The maximum Gasteiger partial charge on any atom is 0.271 e. The van der Waals surface area contributed by atoms with E-state index in [1.807, 2.05) is 19.9 Å². The first-order valence-electron chi connectivity index (χ1n) is 8.78. The van der Waals surface area contributed by atoms with Gasteiger partial charge in [-0.2, -0.15) is 0 Å². The summed E-state index contributed by atoms with van der Waals surface area (Å²) in [4.78, 5) is 22.5. The van der Waals surface area contributed by atoms with Crippen molar-refractivity contribution >= 4 is 44.6 Å². The number of hydrogen-bond acceptors (Lipinski definition) is 5. The Hall–Kier alpha value is -2.65. The van der Waals surface area contributed by atoms with Gasteiger partial charge in [0.1, 0.15) is 0 Å². The molecule has 0 heterocycles. The van der Waals surface area contributed by atoms with Gasteiger partial charge in [0.05, 0.1) is 27.6 Å². The number of anilines is 2. The predicted octanol–water partition coefficient (Wildman–Crippen LogP) is 4.05. The average Bonchev–Trinajstić information content (AvgIpc) is 2.62. The number of carbonyl (C=O) groups excluding carboxylic acids is 1. The molecule has 2 rings (SSSR count). The van der Waals surface area contributed by atoms with Crippen molar-refractivity contribution in [1.82, 2.24) is 0 Å². The molecule has 8 nitrogen and oxygen atoms in total. The van der Waals surface area contributed by atoms with Crippen molar-refractivity contribution in [3.63, 3.8) is 0 Å². The first-order chi connectivity index (χ1) is 13.5. The monoisotopic (exact) mass is 439 g/mol. The molecule has 0 bridgehead atoms. The van der Waals surface area contributed by atoms with Crippen molar-refractivity contribution in [1.29, 1.82) is 0 Å². The number of rotatable bonds is 8. The highest BCUT2D eigenvalue weighted by atomic mass is 35.5. The van der Waals surface area contributed by atoms with E-state index in [1.165, 1.54) is 22.5 Å². The molecule has 0 fully saturated rings. The fourth-order valence-electron chi connectivity index (χ4n) is 2.69. The van der Waals surface area contributed by atoms with Gasteiger partial charge in [-0.05, 0) is 49.6 Å².